The van der Waals surface area contributed by atoms with Gasteiger partial charge in [-0.25, -0.2) is 0 Å². The third kappa shape index (κ3) is 6.41. The summed E-state index contributed by atoms with van der Waals surface area (Å²) in [6, 6.07) is 88.5. The third-order valence-corrected chi connectivity index (χ3v) is 13.7. The largest absolute Gasteiger partial charge is 0.310 e. The second-order valence-electron chi connectivity index (χ2n) is 16.1. The van der Waals surface area contributed by atoms with Gasteiger partial charge >= 0.3 is 0 Å². The predicted octanol–water partition coefficient (Wildman–Crippen LogP) is 17.8. The molecule has 12 aromatic rings. The van der Waals surface area contributed by atoms with E-state index in [1.165, 1.54) is 69.2 Å². The normalized spacial score (nSPS) is 11.5. The minimum atomic E-state index is 1.07. The van der Waals surface area contributed by atoms with Gasteiger partial charge in [0, 0.05) is 59.3 Å². The lowest BCUT2D eigenvalue weighted by Crippen LogP contribution is -2.14. The fourth-order valence-corrected chi connectivity index (χ4v) is 10.9. The molecule has 0 fully saturated rings. The van der Waals surface area contributed by atoms with E-state index in [4.69, 9.17) is 0 Å². The van der Waals surface area contributed by atoms with Gasteiger partial charge in [-0.1, -0.05) is 188 Å². The molecule has 0 aliphatic heterocycles. The van der Waals surface area contributed by atoms with Crippen LogP contribution in [0.25, 0.3) is 74.7 Å². The summed E-state index contributed by atoms with van der Waals surface area (Å²) in [5.74, 6) is 0. The molecule has 0 unspecified atom stereocenters. The van der Waals surface area contributed by atoms with Crippen molar-refractivity contribution in [1.29, 1.82) is 0 Å². The van der Waals surface area contributed by atoms with Crippen LogP contribution in [-0.2, 0) is 0 Å². The maximum Gasteiger partial charge on any atom is 0.0540 e. The molecule has 0 atom stereocenters. The molecule has 63 heavy (non-hydrogen) atoms. The molecule has 0 spiro atoms. The molecule has 296 valence electrons. The molecule has 3 heteroatoms. The molecule has 0 saturated heterocycles. The van der Waals surface area contributed by atoms with E-state index in [1.54, 1.807) is 0 Å². The zero-order chi connectivity index (χ0) is 41.7. The first kappa shape index (κ1) is 36.8. The lowest BCUT2D eigenvalue weighted by molar-refractivity contribution is 1.26. The number of para-hydroxylation sites is 2. The number of thiophene rings is 1. The SMILES string of the molecule is c1ccc(N(c2cc(-c3cccc4c3sc3c(-c5cccc6ccccc56)cccc34)cc(N(c3ccccc3)c3cccc4ccccc34)c2)c2cccc3ccccc23)cc1. The Hall–Kier alpha value is -7.98. The molecule has 2 nitrogen and oxygen atoms in total. The van der Waals surface area contributed by atoms with E-state index < -0.39 is 0 Å². The zero-order valence-corrected chi connectivity index (χ0v) is 35.2. The minimum absolute atomic E-state index is 1.07. The van der Waals surface area contributed by atoms with Crippen LogP contribution in [0, 0.1) is 0 Å². The second kappa shape index (κ2) is 15.5. The van der Waals surface area contributed by atoms with E-state index in [2.05, 4.69) is 252 Å². The van der Waals surface area contributed by atoms with Crippen LogP contribution >= 0.6 is 11.3 Å². The first-order valence-electron chi connectivity index (χ1n) is 21.5. The monoisotopic (exact) mass is 820 g/mol. The summed E-state index contributed by atoms with van der Waals surface area (Å²) in [7, 11) is 0. The molecule has 0 bridgehead atoms. The lowest BCUT2D eigenvalue weighted by Gasteiger charge is -2.31. The summed E-state index contributed by atoms with van der Waals surface area (Å²) in [6.07, 6.45) is 0. The van der Waals surface area contributed by atoms with Crippen molar-refractivity contribution < 1.29 is 0 Å². The topological polar surface area (TPSA) is 6.48 Å². The number of fused-ring (bicyclic) bond motifs is 6. The van der Waals surface area contributed by atoms with Gasteiger partial charge in [0.25, 0.3) is 0 Å². The van der Waals surface area contributed by atoms with Crippen LogP contribution in [0.2, 0.25) is 0 Å². The highest BCUT2D eigenvalue weighted by Crippen LogP contribution is 2.49. The maximum absolute atomic E-state index is 2.44. The average molecular weight is 821 g/mol. The molecule has 0 radical (unpaired) electrons. The second-order valence-corrected chi connectivity index (χ2v) is 17.1. The molecular formula is C60H40N2S. The fourth-order valence-electron chi connectivity index (χ4n) is 9.54. The Balaban J connectivity index is 1.16. The number of hydrogen-bond donors (Lipinski definition) is 0. The third-order valence-electron chi connectivity index (χ3n) is 12.4. The van der Waals surface area contributed by atoms with Gasteiger partial charge in [-0.3, -0.25) is 0 Å². The molecule has 1 aromatic heterocycles. The molecule has 0 saturated carbocycles. The zero-order valence-electron chi connectivity index (χ0n) is 34.4. The van der Waals surface area contributed by atoms with E-state index in [0.717, 1.165) is 39.7 Å². The Morgan fingerprint density at radius 2 is 0.635 bits per heavy atom. The van der Waals surface area contributed by atoms with Crippen LogP contribution in [0.4, 0.5) is 34.1 Å². The van der Waals surface area contributed by atoms with Crippen LogP contribution in [0.15, 0.2) is 243 Å². The van der Waals surface area contributed by atoms with Gasteiger partial charge < -0.3 is 9.80 Å². The Bertz CT molecular complexity index is 3490. The summed E-state index contributed by atoms with van der Waals surface area (Å²) < 4.78 is 2.58. The van der Waals surface area contributed by atoms with Crippen molar-refractivity contribution in [2.24, 2.45) is 0 Å². The van der Waals surface area contributed by atoms with Crippen LogP contribution in [0.3, 0.4) is 0 Å². The number of benzene rings is 11. The smallest absolute Gasteiger partial charge is 0.0540 e. The van der Waals surface area contributed by atoms with Gasteiger partial charge in [0.15, 0.2) is 0 Å². The van der Waals surface area contributed by atoms with Crippen molar-refractivity contribution in [1.82, 2.24) is 0 Å². The number of rotatable bonds is 8. The number of anilines is 6. The standard InChI is InChI=1S/C60H40N2S/c1-3-24-45(25-4-1)61(57-36-14-22-42-19-8-11-29-50(42)57)47-38-44(39-48(40-47)62(46-26-5-2-6-27-46)58-37-15-23-43-20-9-12-30-51(43)58)52-31-16-34-55-56-35-17-33-54(60(56)63-59(52)55)53-32-13-21-41-18-7-10-28-49(41)53/h1-40H. The maximum atomic E-state index is 2.44. The van der Waals surface area contributed by atoms with E-state index in [-0.39, 0.29) is 0 Å². The van der Waals surface area contributed by atoms with Crippen molar-refractivity contribution >= 4 is 98.0 Å². The highest BCUT2D eigenvalue weighted by molar-refractivity contribution is 7.26. The molecule has 0 amide bonds. The van der Waals surface area contributed by atoms with Crippen molar-refractivity contribution in [3.63, 3.8) is 0 Å². The van der Waals surface area contributed by atoms with Gasteiger partial charge in [-0.2, -0.15) is 0 Å². The van der Waals surface area contributed by atoms with Crippen LogP contribution < -0.4 is 9.80 Å². The summed E-state index contributed by atoms with van der Waals surface area (Å²) >= 11 is 1.90. The Kier molecular flexibility index (Phi) is 9.06. The lowest BCUT2D eigenvalue weighted by atomic mass is 9.96. The van der Waals surface area contributed by atoms with Crippen molar-refractivity contribution in [2.75, 3.05) is 9.80 Å². The molecule has 1 heterocycles. The van der Waals surface area contributed by atoms with Gasteiger partial charge in [-0.15, -0.1) is 11.3 Å². The van der Waals surface area contributed by atoms with Crippen molar-refractivity contribution in [2.45, 2.75) is 0 Å². The van der Waals surface area contributed by atoms with E-state index >= 15 is 0 Å². The minimum Gasteiger partial charge on any atom is -0.310 e. The van der Waals surface area contributed by atoms with Crippen molar-refractivity contribution in [3.8, 4) is 22.3 Å². The first-order chi connectivity index (χ1) is 31.3. The molecule has 0 aliphatic rings. The van der Waals surface area contributed by atoms with Gasteiger partial charge in [-0.05, 0) is 92.8 Å². The van der Waals surface area contributed by atoms with Gasteiger partial charge in [0.2, 0.25) is 0 Å². The Morgan fingerprint density at radius 1 is 0.254 bits per heavy atom. The van der Waals surface area contributed by atoms with Gasteiger partial charge in [0.05, 0.1) is 11.4 Å². The first-order valence-corrected chi connectivity index (χ1v) is 22.3. The highest BCUT2D eigenvalue weighted by atomic mass is 32.1. The summed E-state index contributed by atoms with van der Waals surface area (Å²) in [5.41, 5.74) is 11.5. The van der Waals surface area contributed by atoms with E-state index in [9.17, 15) is 0 Å². The molecular weight excluding hydrogens is 781 g/mol. The number of nitrogens with zero attached hydrogens (tertiary/aromatic N) is 2. The highest BCUT2D eigenvalue weighted by Gasteiger charge is 2.23. The van der Waals surface area contributed by atoms with Crippen LogP contribution in [0.5, 0.6) is 0 Å². The van der Waals surface area contributed by atoms with Crippen LogP contribution in [-0.4, -0.2) is 0 Å². The molecule has 0 N–H and O–H groups in total. The molecule has 12 rings (SSSR count). The Labute approximate surface area is 370 Å². The van der Waals surface area contributed by atoms with E-state index in [0.29, 0.717) is 0 Å². The predicted molar refractivity (Wildman–Crippen MR) is 272 cm³/mol. The molecule has 0 aliphatic carbocycles. The van der Waals surface area contributed by atoms with Crippen molar-refractivity contribution in [3.05, 3.63) is 243 Å². The van der Waals surface area contributed by atoms with Crippen LogP contribution in [0.1, 0.15) is 0 Å². The summed E-state index contributed by atoms with van der Waals surface area (Å²) in [4.78, 5) is 4.87. The average Bonchev–Trinajstić information content (AvgIpc) is 3.74. The number of hydrogen-bond acceptors (Lipinski definition) is 3. The summed E-state index contributed by atoms with van der Waals surface area (Å²) in [5, 5.41) is 9.85. The van der Waals surface area contributed by atoms with E-state index in [1.807, 2.05) is 11.3 Å². The molecule has 11 aromatic carbocycles. The van der Waals surface area contributed by atoms with Gasteiger partial charge in [0.1, 0.15) is 0 Å². The quantitative estimate of drug-likeness (QED) is 0.151. The fraction of sp³-hybridized carbons (Fsp3) is 0. The summed E-state index contributed by atoms with van der Waals surface area (Å²) in [6.45, 7) is 0. The Morgan fingerprint density at radius 3 is 1.19 bits per heavy atom.